The van der Waals surface area contributed by atoms with Crippen LogP contribution in [-0.4, -0.2) is 64.3 Å². The van der Waals surface area contributed by atoms with Crippen molar-refractivity contribution in [3.8, 4) is 5.75 Å². The van der Waals surface area contributed by atoms with E-state index in [0.29, 0.717) is 0 Å². The highest BCUT2D eigenvalue weighted by Crippen LogP contribution is 2.30. The molecule has 8 nitrogen and oxygen atoms in total. The number of aliphatic hydroxyl groups is 3. The van der Waals surface area contributed by atoms with E-state index in [1.807, 2.05) is 0 Å². The number of benzene rings is 2. The van der Waals surface area contributed by atoms with Crippen LogP contribution in [0.15, 0.2) is 48.5 Å². The standard InChI is InChI=1S/C22H22F3NO7/c1-11(28)26-17-20(31)19(30)16(10-27)33-21(17)32-15-8-4-13(5-9-15)18(29)12-2-6-14(7-3-12)22(23,24)25/h2-9,16-17,19-21,27,30-31H,10H2,1H3,(H,26,28)/t16-,17-,19-,20-,21-/m1/s1. The second-order valence-corrected chi connectivity index (χ2v) is 7.48. The smallest absolute Gasteiger partial charge is 0.416 e. The van der Waals surface area contributed by atoms with Crippen LogP contribution in [0.5, 0.6) is 5.75 Å². The Morgan fingerprint density at radius 3 is 2.03 bits per heavy atom. The predicted octanol–water partition coefficient (Wildman–Crippen LogP) is 1.26. The zero-order valence-corrected chi connectivity index (χ0v) is 17.3. The molecule has 0 aromatic heterocycles. The van der Waals surface area contributed by atoms with Crippen LogP contribution in [0.25, 0.3) is 0 Å². The zero-order valence-electron chi connectivity index (χ0n) is 17.3. The maximum atomic E-state index is 12.7. The zero-order chi connectivity index (χ0) is 24.3. The second kappa shape index (κ2) is 9.87. The van der Waals surface area contributed by atoms with Gasteiger partial charge in [-0.2, -0.15) is 13.2 Å². The van der Waals surface area contributed by atoms with Crippen molar-refractivity contribution >= 4 is 11.7 Å². The lowest BCUT2D eigenvalue weighted by atomic mass is 9.97. The molecule has 1 amide bonds. The average Bonchev–Trinajstić information content (AvgIpc) is 2.78. The Morgan fingerprint density at radius 2 is 1.55 bits per heavy atom. The van der Waals surface area contributed by atoms with Gasteiger partial charge in [0.2, 0.25) is 12.2 Å². The molecule has 0 radical (unpaired) electrons. The molecule has 4 N–H and O–H groups in total. The number of carbonyl (C=O) groups is 2. The first kappa shape index (κ1) is 24.6. The molecule has 2 aromatic carbocycles. The number of rotatable bonds is 6. The molecule has 0 bridgehead atoms. The van der Waals surface area contributed by atoms with E-state index in [0.717, 1.165) is 24.3 Å². The van der Waals surface area contributed by atoms with E-state index in [1.165, 1.54) is 31.2 Å². The van der Waals surface area contributed by atoms with Crippen molar-refractivity contribution in [1.29, 1.82) is 0 Å². The third-order valence-electron chi connectivity index (χ3n) is 5.09. The Balaban J connectivity index is 1.74. The van der Waals surface area contributed by atoms with E-state index in [9.17, 15) is 38.1 Å². The molecule has 0 saturated carbocycles. The minimum Gasteiger partial charge on any atom is -0.463 e. The number of hydrogen-bond acceptors (Lipinski definition) is 7. The van der Waals surface area contributed by atoms with E-state index in [2.05, 4.69) is 5.32 Å². The van der Waals surface area contributed by atoms with Crippen LogP contribution in [-0.2, 0) is 15.7 Å². The number of aliphatic hydroxyl groups excluding tert-OH is 3. The van der Waals surface area contributed by atoms with Crippen molar-refractivity contribution in [1.82, 2.24) is 5.32 Å². The summed E-state index contributed by atoms with van der Waals surface area (Å²) in [6.07, 6.45) is -9.87. The Kier molecular flexibility index (Phi) is 7.38. The fraction of sp³-hybridized carbons (Fsp3) is 0.364. The van der Waals surface area contributed by atoms with Crippen molar-refractivity contribution in [2.75, 3.05) is 6.61 Å². The Bertz CT molecular complexity index is 979. The number of alkyl halides is 3. The second-order valence-electron chi connectivity index (χ2n) is 7.48. The van der Waals surface area contributed by atoms with Crippen molar-refractivity contribution < 1.29 is 47.6 Å². The first-order valence-corrected chi connectivity index (χ1v) is 9.89. The molecular formula is C22H22F3NO7. The molecule has 1 aliphatic heterocycles. The van der Waals surface area contributed by atoms with Crippen LogP contribution >= 0.6 is 0 Å². The van der Waals surface area contributed by atoms with Gasteiger partial charge in [-0.15, -0.1) is 0 Å². The number of carbonyl (C=O) groups excluding carboxylic acids is 2. The summed E-state index contributed by atoms with van der Waals surface area (Å²) in [7, 11) is 0. The van der Waals surface area contributed by atoms with Crippen molar-refractivity contribution in [2.45, 2.75) is 43.7 Å². The summed E-state index contributed by atoms with van der Waals surface area (Å²) >= 11 is 0. The molecule has 0 unspecified atom stereocenters. The number of nitrogens with one attached hydrogen (secondary N) is 1. The quantitative estimate of drug-likeness (QED) is 0.470. The number of ether oxygens (including phenoxy) is 2. The fourth-order valence-electron chi connectivity index (χ4n) is 3.37. The van der Waals surface area contributed by atoms with E-state index in [-0.39, 0.29) is 16.9 Å². The first-order chi connectivity index (χ1) is 15.5. The van der Waals surface area contributed by atoms with Gasteiger partial charge in [-0.1, -0.05) is 12.1 Å². The van der Waals surface area contributed by atoms with Gasteiger partial charge >= 0.3 is 6.18 Å². The van der Waals surface area contributed by atoms with Gasteiger partial charge in [-0.3, -0.25) is 9.59 Å². The van der Waals surface area contributed by atoms with E-state index in [4.69, 9.17) is 9.47 Å². The molecule has 0 aliphatic carbocycles. The monoisotopic (exact) mass is 469 g/mol. The topological polar surface area (TPSA) is 125 Å². The van der Waals surface area contributed by atoms with Gasteiger partial charge in [0.1, 0.15) is 30.1 Å². The molecule has 3 rings (SSSR count). The largest absolute Gasteiger partial charge is 0.463 e. The molecule has 0 spiro atoms. The van der Waals surface area contributed by atoms with E-state index < -0.39 is 60.7 Å². The maximum Gasteiger partial charge on any atom is 0.416 e. The predicted molar refractivity (Wildman–Crippen MR) is 107 cm³/mol. The van der Waals surface area contributed by atoms with Gasteiger partial charge < -0.3 is 30.1 Å². The molecule has 11 heteroatoms. The van der Waals surface area contributed by atoms with Crippen molar-refractivity contribution in [2.24, 2.45) is 0 Å². The lowest BCUT2D eigenvalue weighted by molar-refractivity contribution is -0.244. The van der Waals surface area contributed by atoms with Crippen LogP contribution in [0.3, 0.4) is 0 Å². The van der Waals surface area contributed by atoms with E-state index in [1.54, 1.807) is 0 Å². The molecule has 1 saturated heterocycles. The first-order valence-electron chi connectivity index (χ1n) is 9.89. The van der Waals surface area contributed by atoms with Crippen LogP contribution in [0, 0.1) is 0 Å². The van der Waals surface area contributed by atoms with Gasteiger partial charge in [0.05, 0.1) is 12.2 Å². The SMILES string of the molecule is CC(=O)N[C@H]1[C@H](Oc2ccc(C(=O)c3ccc(C(F)(F)F)cc3)cc2)O[C@H](CO)[C@@H](O)[C@@H]1O. The van der Waals surface area contributed by atoms with Crippen LogP contribution < -0.4 is 10.1 Å². The van der Waals surface area contributed by atoms with Gasteiger partial charge in [-0.05, 0) is 36.4 Å². The highest BCUT2D eigenvalue weighted by molar-refractivity contribution is 6.09. The summed E-state index contributed by atoms with van der Waals surface area (Å²) in [6.45, 7) is 0.599. The maximum absolute atomic E-state index is 12.7. The number of halogens is 3. The van der Waals surface area contributed by atoms with Crippen LogP contribution in [0.4, 0.5) is 13.2 Å². The van der Waals surface area contributed by atoms with Gasteiger partial charge in [-0.25, -0.2) is 0 Å². The summed E-state index contributed by atoms with van der Waals surface area (Å²) in [6, 6.07) is 8.26. The van der Waals surface area contributed by atoms with Crippen molar-refractivity contribution in [3.05, 3.63) is 65.2 Å². The third kappa shape index (κ3) is 5.69. The highest BCUT2D eigenvalue weighted by atomic mass is 19.4. The molecule has 178 valence electrons. The molecular weight excluding hydrogens is 447 g/mol. The Morgan fingerprint density at radius 1 is 1.00 bits per heavy atom. The number of ketones is 1. The molecule has 33 heavy (non-hydrogen) atoms. The highest BCUT2D eigenvalue weighted by Gasteiger charge is 2.46. The molecule has 1 heterocycles. The Labute approximate surface area is 186 Å². The molecule has 1 fully saturated rings. The summed E-state index contributed by atoms with van der Waals surface area (Å²) < 4.78 is 49.2. The summed E-state index contributed by atoms with van der Waals surface area (Å²) in [5, 5.41) is 32.1. The van der Waals surface area contributed by atoms with Gasteiger partial charge in [0, 0.05) is 18.1 Å². The summed E-state index contributed by atoms with van der Waals surface area (Å²) in [5.41, 5.74) is -0.604. The van der Waals surface area contributed by atoms with Crippen LogP contribution in [0.1, 0.15) is 28.4 Å². The number of hydrogen-bond donors (Lipinski definition) is 4. The molecule has 2 aromatic rings. The van der Waals surface area contributed by atoms with Crippen LogP contribution in [0.2, 0.25) is 0 Å². The third-order valence-corrected chi connectivity index (χ3v) is 5.09. The van der Waals surface area contributed by atoms with Gasteiger partial charge in [0.25, 0.3) is 0 Å². The average molecular weight is 469 g/mol. The normalized spacial score (nSPS) is 25.4. The minimum absolute atomic E-state index is 0.0703. The minimum atomic E-state index is -4.50. The lowest BCUT2D eigenvalue weighted by Gasteiger charge is -2.42. The summed E-state index contributed by atoms with van der Waals surface area (Å²) in [5.74, 6) is -0.831. The van der Waals surface area contributed by atoms with Crippen molar-refractivity contribution in [3.63, 3.8) is 0 Å². The van der Waals surface area contributed by atoms with Gasteiger partial charge in [0.15, 0.2) is 5.78 Å². The summed E-state index contributed by atoms with van der Waals surface area (Å²) in [4.78, 5) is 24.0. The lowest BCUT2D eigenvalue weighted by Crippen LogP contribution is -2.65. The number of amides is 1. The molecule has 5 atom stereocenters. The van der Waals surface area contributed by atoms with E-state index >= 15 is 0 Å². The molecule has 1 aliphatic rings. The fourth-order valence-corrected chi connectivity index (χ4v) is 3.37. The Hall–Kier alpha value is -2.99.